The lowest BCUT2D eigenvalue weighted by molar-refractivity contribution is -0.118. The van der Waals surface area contributed by atoms with Crippen molar-refractivity contribution in [1.82, 2.24) is 0 Å². The summed E-state index contributed by atoms with van der Waals surface area (Å²) in [7, 11) is 0. The van der Waals surface area contributed by atoms with E-state index in [1.807, 2.05) is 26.0 Å². The van der Waals surface area contributed by atoms with E-state index in [2.05, 4.69) is 10.1 Å². The number of halogens is 2. The Morgan fingerprint density at radius 2 is 1.96 bits per heavy atom. The van der Waals surface area contributed by atoms with Gasteiger partial charge in [-0.2, -0.15) is 8.78 Å². The number of fused-ring (bicyclic) bond motifs is 1. The zero-order valence-electron chi connectivity index (χ0n) is 14.4. The van der Waals surface area contributed by atoms with Crippen molar-refractivity contribution < 1.29 is 27.8 Å². The van der Waals surface area contributed by atoms with Gasteiger partial charge in [0.25, 0.3) is 5.91 Å². The number of carbonyl (C=O) groups is 1. The summed E-state index contributed by atoms with van der Waals surface area (Å²) in [6, 6.07) is 11.2. The van der Waals surface area contributed by atoms with Gasteiger partial charge in [-0.05, 0) is 44.2 Å². The van der Waals surface area contributed by atoms with Crippen LogP contribution in [0, 0.1) is 0 Å². The number of alkyl halides is 2. The number of anilines is 1. The van der Waals surface area contributed by atoms with E-state index in [0.29, 0.717) is 17.2 Å². The number of benzene rings is 2. The molecule has 1 aliphatic heterocycles. The van der Waals surface area contributed by atoms with Crippen LogP contribution in [0.25, 0.3) is 0 Å². The molecule has 0 spiro atoms. The minimum absolute atomic E-state index is 0.0221. The highest BCUT2D eigenvalue weighted by Gasteiger charge is 2.32. The first-order valence-corrected chi connectivity index (χ1v) is 8.11. The molecule has 0 saturated heterocycles. The van der Waals surface area contributed by atoms with Crippen LogP contribution in [0.1, 0.15) is 19.4 Å². The van der Waals surface area contributed by atoms with Crippen molar-refractivity contribution in [2.24, 2.45) is 0 Å². The second kappa shape index (κ2) is 7.19. The predicted octanol–water partition coefficient (Wildman–Crippen LogP) is 4.02. The molecule has 138 valence electrons. The fraction of sp³-hybridized carbons (Fsp3) is 0.316. The van der Waals surface area contributed by atoms with Crippen LogP contribution in [0.4, 0.5) is 14.5 Å². The standard InChI is InChI=1S/C19H19F2NO4/c1-19(2)10-12-4-3-5-15(17(12)26-19)24-11-16(23)22-13-6-8-14(9-7-13)25-18(20)21/h3-9,18H,10-11H2,1-2H3,(H,22,23). The molecule has 0 aliphatic carbocycles. The van der Waals surface area contributed by atoms with E-state index in [-0.39, 0.29) is 23.9 Å². The second-order valence-electron chi connectivity index (χ2n) is 6.52. The van der Waals surface area contributed by atoms with Gasteiger partial charge < -0.3 is 19.5 Å². The normalized spacial score (nSPS) is 14.5. The summed E-state index contributed by atoms with van der Waals surface area (Å²) >= 11 is 0. The molecular formula is C19H19F2NO4. The number of para-hydroxylation sites is 1. The van der Waals surface area contributed by atoms with Gasteiger partial charge in [-0.25, -0.2) is 0 Å². The zero-order valence-corrected chi connectivity index (χ0v) is 14.4. The van der Waals surface area contributed by atoms with E-state index in [1.54, 1.807) is 6.07 Å². The Hall–Kier alpha value is -2.83. The van der Waals surface area contributed by atoms with Crippen molar-refractivity contribution in [3.8, 4) is 17.2 Å². The molecule has 0 radical (unpaired) electrons. The van der Waals surface area contributed by atoms with Crippen LogP contribution >= 0.6 is 0 Å². The fourth-order valence-corrected chi connectivity index (χ4v) is 2.76. The summed E-state index contributed by atoms with van der Waals surface area (Å²) < 4.78 is 40.0. The van der Waals surface area contributed by atoms with Crippen molar-refractivity contribution >= 4 is 11.6 Å². The SMILES string of the molecule is CC1(C)Cc2cccc(OCC(=O)Nc3ccc(OC(F)F)cc3)c2O1. The maximum atomic E-state index is 12.1. The predicted molar refractivity (Wildman–Crippen MR) is 92.1 cm³/mol. The summed E-state index contributed by atoms with van der Waals surface area (Å²) in [5, 5.41) is 2.63. The van der Waals surface area contributed by atoms with E-state index in [4.69, 9.17) is 9.47 Å². The summed E-state index contributed by atoms with van der Waals surface area (Å²) in [6.45, 7) is 0.898. The highest BCUT2D eigenvalue weighted by Crippen LogP contribution is 2.41. The first kappa shape index (κ1) is 18.0. The zero-order chi connectivity index (χ0) is 18.7. The maximum absolute atomic E-state index is 12.1. The van der Waals surface area contributed by atoms with Gasteiger partial charge in [-0.15, -0.1) is 0 Å². The van der Waals surface area contributed by atoms with Gasteiger partial charge >= 0.3 is 6.61 Å². The average molecular weight is 363 g/mol. The summed E-state index contributed by atoms with van der Waals surface area (Å²) in [5.74, 6) is 0.832. The van der Waals surface area contributed by atoms with E-state index >= 15 is 0 Å². The average Bonchev–Trinajstić information content (AvgIpc) is 2.88. The van der Waals surface area contributed by atoms with Crippen LogP contribution in [0.5, 0.6) is 17.2 Å². The van der Waals surface area contributed by atoms with Gasteiger partial charge in [0, 0.05) is 17.7 Å². The van der Waals surface area contributed by atoms with Gasteiger partial charge in [-0.3, -0.25) is 4.79 Å². The molecule has 0 fully saturated rings. The van der Waals surface area contributed by atoms with Gasteiger partial charge in [-0.1, -0.05) is 12.1 Å². The summed E-state index contributed by atoms with van der Waals surface area (Å²) in [6.07, 6.45) is 0.777. The van der Waals surface area contributed by atoms with Crippen molar-refractivity contribution in [1.29, 1.82) is 0 Å². The van der Waals surface area contributed by atoms with E-state index in [1.165, 1.54) is 24.3 Å². The third kappa shape index (κ3) is 4.41. The molecule has 26 heavy (non-hydrogen) atoms. The first-order valence-electron chi connectivity index (χ1n) is 8.11. The summed E-state index contributed by atoms with van der Waals surface area (Å²) in [4.78, 5) is 12.0. The number of amides is 1. The quantitative estimate of drug-likeness (QED) is 0.842. The van der Waals surface area contributed by atoms with E-state index in [0.717, 1.165) is 12.0 Å². The molecule has 0 aromatic heterocycles. The topological polar surface area (TPSA) is 56.8 Å². The van der Waals surface area contributed by atoms with Crippen LogP contribution < -0.4 is 19.5 Å². The van der Waals surface area contributed by atoms with E-state index in [9.17, 15) is 13.6 Å². The molecular weight excluding hydrogens is 344 g/mol. The molecule has 1 amide bonds. The Morgan fingerprint density at radius 1 is 1.23 bits per heavy atom. The number of nitrogens with one attached hydrogen (secondary N) is 1. The number of ether oxygens (including phenoxy) is 3. The van der Waals surface area contributed by atoms with Crippen LogP contribution in [0.2, 0.25) is 0 Å². The Morgan fingerprint density at radius 3 is 2.65 bits per heavy atom. The Balaban J connectivity index is 1.56. The minimum Gasteiger partial charge on any atom is -0.483 e. The lowest BCUT2D eigenvalue weighted by atomic mass is 10.0. The highest BCUT2D eigenvalue weighted by atomic mass is 19.3. The second-order valence-corrected chi connectivity index (χ2v) is 6.52. The van der Waals surface area contributed by atoms with Crippen LogP contribution in [-0.2, 0) is 11.2 Å². The van der Waals surface area contributed by atoms with E-state index < -0.39 is 6.61 Å². The molecule has 1 N–H and O–H groups in total. The number of carbonyl (C=O) groups excluding carboxylic acids is 1. The molecule has 2 aromatic carbocycles. The van der Waals surface area contributed by atoms with Crippen LogP contribution in [0.3, 0.4) is 0 Å². The molecule has 0 bridgehead atoms. The van der Waals surface area contributed by atoms with Gasteiger partial charge in [0.2, 0.25) is 0 Å². The number of hydrogen-bond acceptors (Lipinski definition) is 4. The molecule has 3 rings (SSSR count). The number of rotatable bonds is 6. The molecule has 0 unspecified atom stereocenters. The lowest BCUT2D eigenvalue weighted by Gasteiger charge is -2.18. The molecule has 5 nitrogen and oxygen atoms in total. The van der Waals surface area contributed by atoms with Crippen molar-refractivity contribution in [2.75, 3.05) is 11.9 Å². The van der Waals surface area contributed by atoms with Crippen LogP contribution in [0.15, 0.2) is 42.5 Å². The fourth-order valence-electron chi connectivity index (χ4n) is 2.76. The largest absolute Gasteiger partial charge is 0.483 e. The van der Waals surface area contributed by atoms with Crippen molar-refractivity contribution in [3.05, 3.63) is 48.0 Å². The maximum Gasteiger partial charge on any atom is 0.387 e. The molecule has 1 aliphatic rings. The highest BCUT2D eigenvalue weighted by molar-refractivity contribution is 5.91. The lowest BCUT2D eigenvalue weighted by Crippen LogP contribution is -2.25. The molecule has 2 aromatic rings. The monoisotopic (exact) mass is 363 g/mol. The van der Waals surface area contributed by atoms with Crippen molar-refractivity contribution in [3.63, 3.8) is 0 Å². The minimum atomic E-state index is -2.89. The summed E-state index contributed by atoms with van der Waals surface area (Å²) in [5.41, 5.74) is 1.20. The third-order valence-electron chi connectivity index (χ3n) is 3.78. The molecule has 0 atom stereocenters. The van der Waals surface area contributed by atoms with Crippen molar-refractivity contribution in [2.45, 2.75) is 32.5 Å². The number of hydrogen-bond donors (Lipinski definition) is 1. The Bertz CT molecular complexity index is 791. The molecule has 1 heterocycles. The molecule has 7 heteroatoms. The van der Waals surface area contributed by atoms with Gasteiger partial charge in [0.05, 0.1) is 0 Å². The smallest absolute Gasteiger partial charge is 0.387 e. The van der Waals surface area contributed by atoms with Gasteiger partial charge in [0.1, 0.15) is 11.4 Å². The third-order valence-corrected chi connectivity index (χ3v) is 3.78. The Kier molecular flexibility index (Phi) is 4.97. The Labute approximate surface area is 149 Å². The van der Waals surface area contributed by atoms with Gasteiger partial charge in [0.15, 0.2) is 18.1 Å². The first-order chi connectivity index (χ1) is 12.3. The molecule has 0 saturated carbocycles. The van der Waals surface area contributed by atoms with Crippen LogP contribution in [-0.4, -0.2) is 24.7 Å².